The van der Waals surface area contributed by atoms with E-state index in [-0.39, 0.29) is 18.0 Å². The molecule has 6 heteroatoms. The molecule has 0 atom stereocenters. The van der Waals surface area contributed by atoms with Crippen LogP contribution < -0.4 is 10.9 Å². The number of aromatic nitrogens is 2. The van der Waals surface area contributed by atoms with Crippen LogP contribution in [0.1, 0.15) is 12.5 Å². The standard InChI is InChI=1S/C20H18BrN3O2/c1-2-14-4-3-5-17(12-14)22-19(25)13-24-20(26)11-10-18(23-24)15-6-8-16(21)9-7-15/h3-12H,2,13H2,1H3,(H,22,25). The van der Waals surface area contributed by atoms with Crippen LogP contribution in [-0.2, 0) is 17.8 Å². The van der Waals surface area contributed by atoms with Crippen molar-refractivity contribution in [1.29, 1.82) is 0 Å². The Kier molecular flexibility index (Phi) is 5.63. The van der Waals surface area contributed by atoms with Crippen LogP contribution in [0.3, 0.4) is 0 Å². The summed E-state index contributed by atoms with van der Waals surface area (Å²) >= 11 is 3.39. The lowest BCUT2D eigenvalue weighted by Crippen LogP contribution is -2.29. The van der Waals surface area contributed by atoms with Gasteiger partial charge in [0, 0.05) is 21.8 Å². The summed E-state index contributed by atoms with van der Waals surface area (Å²) in [6.45, 7) is 1.91. The lowest BCUT2D eigenvalue weighted by Gasteiger charge is -2.09. The molecule has 5 nitrogen and oxygen atoms in total. The zero-order valence-electron chi connectivity index (χ0n) is 14.3. The van der Waals surface area contributed by atoms with E-state index in [1.807, 2.05) is 48.5 Å². The van der Waals surface area contributed by atoms with Crippen LogP contribution in [0.4, 0.5) is 5.69 Å². The summed E-state index contributed by atoms with van der Waals surface area (Å²) in [6, 6.07) is 18.3. The molecule has 0 radical (unpaired) electrons. The van der Waals surface area contributed by atoms with Crippen molar-refractivity contribution in [2.75, 3.05) is 5.32 Å². The highest BCUT2D eigenvalue weighted by Crippen LogP contribution is 2.18. The fraction of sp³-hybridized carbons (Fsp3) is 0.150. The summed E-state index contributed by atoms with van der Waals surface area (Å²) in [5.41, 5.74) is 3.04. The normalized spacial score (nSPS) is 10.5. The molecule has 2 aromatic carbocycles. The largest absolute Gasteiger partial charge is 0.324 e. The third kappa shape index (κ3) is 4.46. The Hall–Kier alpha value is -2.73. The minimum absolute atomic E-state index is 0.139. The molecular weight excluding hydrogens is 394 g/mol. The second kappa shape index (κ2) is 8.10. The number of halogens is 1. The predicted molar refractivity (Wildman–Crippen MR) is 106 cm³/mol. The van der Waals surface area contributed by atoms with E-state index in [4.69, 9.17) is 0 Å². The number of hydrogen-bond acceptors (Lipinski definition) is 3. The van der Waals surface area contributed by atoms with Crippen molar-refractivity contribution in [1.82, 2.24) is 9.78 Å². The monoisotopic (exact) mass is 411 g/mol. The predicted octanol–water partition coefficient (Wildman–Crippen LogP) is 3.87. The number of nitrogens with zero attached hydrogens (tertiary/aromatic N) is 2. The minimum Gasteiger partial charge on any atom is -0.324 e. The average molecular weight is 412 g/mol. The van der Waals surface area contributed by atoms with Crippen LogP contribution in [0.5, 0.6) is 0 Å². The van der Waals surface area contributed by atoms with E-state index in [1.165, 1.54) is 10.7 Å². The maximum atomic E-state index is 12.3. The number of aryl methyl sites for hydroxylation is 1. The lowest BCUT2D eigenvalue weighted by molar-refractivity contribution is -0.117. The van der Waals surface area contributed by atoms with Crippen molar-refractivity contribution in [3.63, 3.8) is 0 Å². The van der Waals surface area contributed by atoms with Crippen LogP contribution >= 0.6 is 15.9 Å². The number of rotatable bonds is 5. The van der Waals surface area contributed by atoms with Gasteiger partial charge >= 0.3 is 0 Å². The Morgan fingerprint density at radius 2 is 1.88 bits per heavy atom. The van der Waals surface area contributed by atoms with Gasteiger partial charge in [-0.2, -0.15) is 5.10 Å². The summed E-state index contributed by atoms with van der Waals surface area (Å²) in [6.07, 6.45) is 0.889. The van der Waals surface area contributed by atoms with Crippen molar-refractivity contribution >= 4 is 27.5 Å². The summed E-state index contributed by atoms with van der Waals surface area (Å²) in [4.78, 5) is 24.4. The van der Waals surface area contributed by atoms with Crippen molar-refractivity contribution in [2.24, 2.45) is 0 Å². The molecule has 0 unspecified atom stereocenters. The van der Waals surface area contributed by atoms with Crippen molar-refractivity contribution < 1.29 is 4.79 Å². The first-order valence-corrected chi connectivity index (χ1v) is 9.07. The zero-order chi connectivity index (χ0) is 18.5. The highest BCUT2D eigenvalue weighted by molar-refractivity contribution is 9.10. The number of carbonyl (C=O) groups is 1. The molecule has 0 spiro atoms. The SMILES string of the molecule is CCc1cccc(NC(=O)Cn2nc(-c3ccc(Br)cc3)ccc2=O)c1. The second-order valence-corrected chi connectivity index (χ2v) is 6.74. The number of nitrogens with one attached hydrogen (secondary N) is 1. The first-order chi connectivity index (χ1) is 12.5. The average Bonchev–Trinajstić information content (AvgIpc) is 2.64. The van der Waals surface area contributed by atoms with Crippen LogP contribution in [0.25, 0.3) is 11.3 Å². The molecule has 0 aliphatic rings. The topological polar surface area (TPSA) is 64.0 Å². The molecule has 0 bridgehead atoms. The molecule has 1 N–H and O–H groups in total. The van der Waals surface area contributed by atoms with Gasteiger partial charge in [0.05, 0.1) is 5.69 Å². The Bertz CT molecular complexity index is 981. The maximum Gasteiger partial charge on any atom is 0.267 e. The van der Waals surface area contributed by atoms with E-state index in [0.717, 1.165) is 22.0 Å². The zero-order valence-corrected chi connectivity index (χ0v) is 15.9. The molecule has 132 valence electrons. The number of hydrogen-bond donors (Lipinski definition) is 1. The molecule has 1 heterocycles. The first-order valence-electron chi connectivity index (χ1n) is 8.28. The molecular formula is C20H18BrN3O2. The van der Waals surface area contributed by atoms with E-state index < -0.39 is 0 Å². The van der Waals surface area contributed by atoms with Gasteiger partial charge in [-0.05, 0) is 42.3 Å². The molecule has 3 rings (SSSR count). The van der Waals surface area contributed by atoms with E-state index in [9.17, 15) is 9.59 Å². The molecule has 1 aromatic heterocycles. The molecule has 0 saturated carbocycles. The molecule has 3 aromatic rings. The number of amides is 1. The van der Waals surface area contributed by atoms with Crippen molar-refractivity contribution in [3.8, 4) is 11.3 Å². The second-order valence-electron chi connectivity index (χ2n) is 5.82. The van der Waals surface area contributed by atoms with Gasteiger partial charge in [0.2, 0.25) is 5.91 Å². The number of anilines is 1. The molecule has 26 heavy (non-hydrogen) atoms. The van der Waals surface area contributed by atoms with E-state index >= 15 is 0 Å². The third-order valence-electron chi connectivity index (χ3n) is 3.92. The molecule has 0 saturated heterocycles. The lowest BCUT2D eigenvalue weighted by atomic mass is 10.1. The summed E-state index contributed by atoms with van der Waals surface area (Å²) in [5, 5.41) is 7.13. The fourth-order valence-electron chi connectivity index (χ4n) is 2.54. The minimum atomic E-state index is -0.316. The van der Waals surface area contributed by atoms with Crippen LogP contribution in [0.15, 0.2) is 69.9 Å². The fourth-order valence-corrected chi connectivity index (χ4v) is 2.81. The Balaban J connectivity index is 1.78. The van der Waals surface area contributed by atoms with E-state index in [1.54, 1.807) is 6.07 Å². The van der Waals surface area contributed by atoms with Gasteiger partial charge in [-0.15, -0.1) is 0 Å². The number of benzene rings is 2. The first kappa shape index (κ1) is 18.1. The van der Waals surface area contributed by atoms with Crippen molar-refractivity contribution in [2.45, 2.75) is 19.9 Å². The van der Waals surface area contributed by atoms with Crippen LogP contribution in [0, 0.1) is 0 Å². The summed E-state index contributed by atoms with van der Waals surface area (Å²) in [7, 11) is 0. The van der Waals surface area contributed by atoms with Gasteiger partial charge in [-0.1, -0.05) is 47.1 Å². The highest BCUT2D eigenvalue weighted by Gasteiger charge is 2.09. The molecule has 0 fully saturated rings. The van der Waals surface area contributed by atoms with Gasteiger partial charge in [0.15, 0.2) is 0 Å². The molecule has 1 amide bonds. The van der Waals surface area contributed by atoms with Crippen LogP contribution in [0.2, 0.25) is 0 Å². The Morgan fingerprint density at radius 3 is 2.62 bits per heavy atom. The van der Waals surface area contributed by atoms with Crippen LogP contribution in [-0.4, -0.2) is 15.7 Å². The van der Waals surface area contributed by atoms with Gasteiger partial charge in [-0.3, -0.25) is 9.59 Å². The van der Waals surface area contributed by atoms with E-state index in [0.29, 0.717) is 11.4 Å². The number of carbonyl (C=O) groups excluding carboxylic acids is 1. The quantitative estimate of drug-likeness (QED) is 0.692. The van der Waals surface area contributed by atoms with Gasteiger partial charge in [-0.25, -0.2) is 4.68 Å². The Morgan fingerprint density at radius 1 is 1.12 bits per heavy atom. The van der Waals surface area contributed by atoms with Gasteiger partial charge in [0.1, 0.15) is 6.54 Å². The third-order valence-corrected chi connectivity index (χ3v) is 4.45. The molecule has 0 aliphatic carbocycles. The van der Waals surface area contributed by atoms with Gasteiger partial charge < -0.3 is 5.32 Å². The molecule has 0 aliphatic heterocycles. The summed E-state index contributed by atoms with van der Waals surface area (Å²) < 4.78 is 2.14. The highest BCUT2D eigenvalue weighted by atomic mass is 79.9. The smallest absolute Gasteiger partial charge is 0.267 e. The van der Waals surface area contributed by atoms with Gasteiger partial charge in [0.25, 0.3) is 5.56 Å². The summed E-state index contributed by atoms with van der Waals surface area (Å²) in [5.74, 6) is -0.291. The van der Waals surface area contributed by atoms with E-state index in [2.05, 4.69) is 33.3 Å². The maximum absolute atomic E-state index is 12.3. The van der Waals surface area contributed by atoms with Crippen molar-refractivity contribution in [3.05, 3.63) is 81.1 Å². The Labute approximate surface area is 159 Å².